The third kappa shape index (κ3) is 3.20. The van der Waals surface area contributed by atoms with E-state index in [9.17, 15) is 18.0 Å². The molecule has 1 aromatic rings. The van der Waals surface area contributed by atoms with E-state index in [0.717, 1.165) is 0 Å². The Hall–Kier alpha value is -1.56. The molecule has 0 amide bonds. The first-order valence-electron chi connectivity index (χ1n) is 6.76. The highest BCUT2D eigenvalue weighted by molar-refractivity contribution is 5.87. The Morgan fingerprint density at radius 1 is 1.43 bits per heavy atom. The van der Waals surface area contributed by atoms with E-state index < -0.39 is 23.6 Å². The van der Waals surface area contributed by atoms with Gasteiger partial charge in [-0.15, -0.1) is 0 Å². The van der Waals surface area contributed by atoms with Crippen molar-refractivity contribution in [3.05, 3.63) is 35.4 Å². The normalized spacial score (nSPS) is 22.4. The fourth-order valence-corrected chi connectivity index (χ4v) is 3.02. The number of benzene rings is 1. The highest BCUT2D eigenvalue weighted by Gasteiger charge is 2.54. The van der Waals surface area contributed by atoms with Crippen molar-refractivity contribution in [3.63, 3.8) is 0 Å². The van der Waals surface area contributed by atoms with Gasteiger partial charge < -0.3 is 5.11 Å². The SMILES string of the molecule is CC1(C)C(C(F)(F)F)CCN1Cc1cccc(C(=O)O)c1. The van der Waals surface area contributed by atoms with Crippen LogP contribution in [0, 0.1) is 5.92 Å². The van der Waals surface area contributed by atoms with E-state index >= 15 is 0 Å². The average Bonchev–Trinajstić information content (AvgIpc) is 2.65. The predicted octanol–water partition coefficient (Wildman–Crippen LogP) is 3.55. The third-order valence-electron chi connectivity index (χ3n) is 4.30. The largest absolute Gasteiger partial charge is 0.478 e. The number of carbonyl (C=O) groups is 1. The average molecular weight is 301 g/mol. The van der Waals surface area contributed by atoms with Crippen molar-refractivity contribution in [1.82, 2.24) is 4.90 Å². The first kappa shape index (κ1) is 15.8. The van der Waals surface area contributed by atoms with Gasteiger partial charge in [0, 0.05) is 12.1 Å². The zero-order valence-electron chi connectivity index (χ0n) is 11.9. The van der Waals surface area contributed by atoms with Gasteiger partial charge in [-0.2, -0.15) is 13.2 Å². The summed E-state index contributed by atoms with van der Waals surface area (Å²) in [5.74, 6) is -2.39. The molecule has 1 aromatic carbocycles. The molecular weight excluding hydrogens is 283 g/mol. The van der Waals surface area contributed by atoms with Crippen LogP contribution in [0.3, 0.4) is 0 Å². The smallest absolute Gasteiger partial charge is 0.393 e. The fourth-order valence-electron chi connectivity index (χ4n) is 3.02. The summed E-state index contributed by atoms with van der Waals surface area (Å²) in [5, 5.41) is 8.96. The van der Waals surface area contributed by atoms with Gasteiger partial charge in [-0.3, -0.25) is 4.90 Å². The summed E-state index contributed by atoms with van der Waals surface area (Å²) in [7, 11) is 0. The lowest BCUT2D eigenvalue weighted by atomic mass is 9.87. The maximum Gasteiger partial charge on any atom is 0.393 e. The zero-order valence-corrected chi connectivity index (χ0v) is 11.9. The van der Waals surface area contributed by atoms with Gasteiger partial charge in [0.15, 0.2) is 0 Å². The Bertz CT molecular complexity index is 540. The standard InChI is InChI=1S/C15H18F3NO2/c1-14(2)12(15(16,17)18)6-7-19(14)9-10-4-3-5-11(8-10)13(20)21/h3-5,8,12H,6-7,9H2,1-2H3,(H,20,21). The highest BCUT2D eigenvalue weighted by atomic mass is 19.4. The van der Waals surface area contributed by atoms with Crippen molar-refractivity contribution >= 4 is 5.97 Å². The fraction of sp³-hybridized carbons (Fsp3) is 0.533. The molecule has 116 valence electrons. The summed E-state index contributed by atoms with van der Waals surface area (Å²) in [6, 6.07) is 6.34. The van der Waals surface area contributed by atoms with Gasteiger partial charge in [0.05, 0.1) is 11.5 Å². The number of carboxylic acids is 1. The van der Waals surface area contributed by atoms with E-state index in [2.05, 4.69) is 0 Å². The maximum atomic E-state index is 13.0. The van der Waals surface area contributed by atoms with Crippen LogP contribution in [0.1, 0.15) is 36.2 Å². The van der Waals surface area contributed by atoms with Crippen molar-refractivity contribution in [1.29, 1.82) is 0 Å². The van der Waals surface area contributed by atoms with Crippen LogP contribution in [0.5, 0.6) is 0 Å². The Kier molecular flexibility index (Phi) is 4.02. The summed E-state index contributed by atoms with van der Waals surface area (Å²) in [5.41, 5.74) is -0.125. The van der Waals surface area contributed by atoms with Crippen LogP contribution >= 0.6 is 0 Å². The summed E-state index contributed by atoms with van der Waals surface area (Å²) >= 11 is 0. The quantitative estimate of drug-likeness (QED) is 0.928. The number of carboxylic acid groups (broad SMARTS) is 1. The molecule has 0 aliphatic carbocycles. The van der Waals surface area contributed by atoms with Gasteiger partial charge in [0.1, 0.15) is 0 Å². The molecular formula is C15H18F3NO2. The summed E-state index contributed by atoms with van der Waals surface area (Å²) in [6.45, 7) is 3.87. The predicted molar refractivity (Wildman–Crippen MR) is 72.1 cm³/mol. The molecule has 1 fully saturated rings. The van der Waals surface area contributed by atoms with E-state index in [4.69, 9.17) is 5.11 Å². The van der Waals surface area contributed by atoms with E-state index in [1.165, 1.54) is 12.1 Å². The van der Waals surface area contributed by atoms with E-state index in [1.807, 2.05) is 0 Å². The molecule has 0 spiro atoms. The minimum Gasteiger partial charge on any atom is -0.478 e. The van der Waals surface area contributed by atoms with Crippen LogP contribution in [-0.4, -0.2) is 34.2 Å². The number of nitrogens with zero attached hydrogens (tertiary/aromatic N) is 1. The second-order valence-electron chi connectivity index (χ2n) is 5.96. The Balaban J connectivity index is 2.17. The van der Waals surface area contributed by atoms with Gasteiger partial charge in [0.2, 0.25) is 0 Å². The summed E-state index contributed by atoms with van der Waals surface area (Å²) in [4.78, 5) is 12.7. The topological polar surface area (TPSA) is 40.5 Å². The Labute approximate surface area is 121 Å². The number of likely N-dealkylation sites (tertiary alicyclic amines) is 1. The van der Waals surface area contributed by atoms with Crippen molar-refractivity contribution in [2.24, 2.45) is 5.92 Å². The van der Waals surface area contributed by atoms with Crippen LogP contribution in [0.25, 0.3) is 0 Å². The van der Waals surface area contributed by atoms with Crippen LogP contribution in [0.15, 0.2) is 24.3 Å². The first-order chi connectivity index (χ1) is 9.62. The lowest BCUT2D eigenvalue weighted by Crippen LogP contribution is -2.46. The lowest BCUT2D eigenvalue weighted by molar-refractivity contribution is -0.191. The minimum absolute atomic E-state index is 0.0785. The number of aromatic carboxylic acids is 1. The highest BCUT2D eigenvalue weighted by Crippen LogP contribution is 2.45. The molecule has 1 saturated heterocycles. The van der Waals surface area contributed by atoms with Gasteiger partial charge in [0.25, 0.3) is 0 Å². The van der Waals surface area contributed by atoms with Crippen molar-refractivity contribution in [2.45, 2.75) is 38.5 Å². The monoisotopic (exact) mass is 301 g/mol. The molecule has 0 aromatic heterocycles. The number of hydrogen-bond donors (Lipinski definition) is 1. The molecule has 3 nitrogen and oxygen atoms in total. The molecule has 6 heteroatoms. The molecule has 1 N–H and O–H groups in total. The van der Waals surface area contributed by atoms with Crippen molar-refractivity contribution in [3.8, 4) is 0 Å². The third-order valence-corrected chi connectivity index (χ3v) is 4.30. The van der Waals surface area contributed by atoms with Gasteiger partial charge in [-0.1, -0.05) is 12.1 Å². The van der Waals surface area contributed by atoms with E-state index in [0.29, 0.717) is 18.7 Å². The van der Waals surface area contributed by atoms with Crippen LogP contribution in [-0.2, 0) is 6.54 Å². The molecule has 1 heterocycles. The molecule has 1 atom stereocenters. The molecule has 21 heavy (non-hydrogen) atoms. The molecule has 0 radical (unpaired) electrons. The number of alkyl halides is 3. The first-order valence-corrected chi connectivity index (χ1v) is 6.76. The van der Waals surface area contributed by atoms with Gasteiger partial charge in [-0.25, -0.2) is 4.79 Å². The summed E-state index contributed by atoms with van der Waals surface area (Å²) < 4.78 is 39.1. The molecule has 0 bridgehead atoms. The van der Waals surface area contributed by atoms with Crippen molar-refractivity contribution in [2.75, 3.05) is 6.54 Å². The van der Waals surface area contributed by atoms with E-state index in [1.54, 1.807) is 30.9 Å². The van der Waals surface area contributed by atoms with Crippen LogP contribution in [0.4, 0.5) is 13.2 Å². The zero-order chi connectivity index (χ0) is 15.8. The van der Waals surface area contributed by atoms with Gasteiger partial charge in [-0.05, 0) is 44.5 Å². The molecule has 1 unspecified atom stereocenters. The number of rotatable bonds is 3. The number of hydrogen-bond acceptors (Lipinski definition) is 2. The van der Waals surface area contributed by atoms with Gasteiger partial charge >= 0.3 is 12.1 Å². The summed E-state index contributed by atoms with van der Waals surface area (Å²) in [6.07, 6.45) is -4.13. The second-order valence-corrected chi connectivity index (χ2v) is 5.96. The van der Waals surface area contributed by atoms with Crippen LogP contribution < -0.4 is 0 Å². The van der Waals surface area contributed by atoms with Crippen molar-refractivity contribution < 1.29 is 23.1 Å². The minimum atomic E-state index is -4.21. The maximum absolute atomic E-state index is 13.0. The Morgan fingerprint density at radius 2 is 2.10 bits per heavy atom. The molecule has 0 saturated carbocycles. The van der Waals surface area contributed by atoms with Crippen LogP contribution in [0.2, 0.25) is 0 Å². The Morgan fingerprint density at radius 3 is 2.62 bits per heavy atom. The molecule has 1 aliphatic heterocycles. The number of halogens is 3. The molecule has 2 rings (SSSR count). The second kappa shape index (κ2) is 5.33. The molecule has 1 aliphatic rings. The lowest BCUT2D eigenvalue weighted by Gasteiger charge is -2.37. The van der Waals surface area contributed by atoms with E-state index in [-0.39, 0.29) is 12.0 Å².